The van der Waals surface area contributed by atoms with E-state index in [9.17, 15) is 4.79 Å². The van der Waals surface area contributed by atoms with Crippen molar-refractivity contribution in [1.82, 2.24) is 14.7 Å². The summed E-state index contributed by atoms with van der Waals surface area (Å²) >= 11 is 6.19. The SMILES string of the molecule is Cc1ccc(NC(=O)c2cccn2Cc2noc(C3CC3)n2)c(Cl)c1. The van der Waals surface area contributed by atoms with E-state index in [1.54, 1.807) is 16.7 Å². The first-order chi connectivity index (χ1) is 12.1. The minimum atomic E-state index is -0.235. The molecule has 0 radical (unpaired) electrons. The molecule has 1 saturated carbocycles. The van der Waals surface area contributed by atoms with E-state index in [1.165, 1.54) is 0 Å². The van der Waals surface area contributed by atoms with Gasteiger partial charge in [0.05, 0.1) is 17.3 Å². The lowest BCUT2D eigenvalue weighted by atomic mass is 10.2. The van der Waals surface area contributed by atoms with Crippen LogP contribution < -0.4 is 5.32 Å². The number of carbonyl (C=O) groups is 1. The third-order valence-corrected chi connectivity index (χ3v) is 4.47. The summed E-state index contributed by atoms with van der Waals surface area (Å²) in [6.07, 6.45) is 4.03. The van der Waals surface area contributed by atoms with E-state index in [1.807, 2.05) is 31.3 Å². The van der Waals surface area contributed by atoms with Crippen molar-refractivity contribution >= 4 is 23.2 Å². The molecular weight excluding hydrogens is 340 g/mol. The molecule has 0 bridgehead atoms. The molecule has 1 fully saturated rings. The van der Waals surface area contributed by atoms with E-state index in [0.29, 0.717) is 40.6 Å². The van der Waals surface area contributed by atoms with Crippen LogP contribution in [0.2, 0.25) is 5.02 Å². The van der Waals surface area contributed by atoms with Gasteiger partial charge >= 0.3 is 0 Å². The van der Waals surface area contributed by atoms with Crippen molar-refractivity contribution in [3.8, 4) is 0 Å². The minimum absolute atomic E-state index is 0.235. The standard InChI is InChI=1S/C18H17ClN4O2/c1-11-4-7-14(13(19)9-11)20-17(24)15-3-2-8-23(15)10-16-21-18(25-22-16)12-5-6-12/h2-4,7-9,12H,5-6,10H2,1H3,(H,20,24). The van der Waals surface area contributed by atoms with Gasteiger partial charge in [0.25, 0.3) is 5.91 Å². The van der Waals surface area contributed by atoms with E-state index in [-0.39, 0.29) is 5.91 Å². The van der Waals surface area contributed by atoms with Gasteiger partial charge in [-0.1, -0.05) is 22.8 Å². The van der Waals surface area contributed by atoms with Crippen molar-refractivity contribution in [2.24, 2.45) is 0 Å². The largest absolute Gasteiger partial charge is 0.339 e. The predicted octanol–water partition coefficient (Wildman–Crippen LogP) is 4.01. The first-order valence-corrected chi connectivity index (χ1v) is 8.53. The van der Waals surface area contributed by atoms with Crippen LogP contribution in [0.15, 0.2) is 41.1 Å². The van der Waals surface area contributed by atoms with Crippen molar-refractivity contribution in [3.05, 3.63) is 64.5 Å². The van der Waals surface area contributed by atoms with Gasteiger partial charge in [0.1, 0.15) is 5.69 Å². The summed E-state index contributed by atoms with van der Waals surface area (Å²) in [6.45, 7) is 2.33. The molecule has 25 heavy (non-hydrogen) atoms. The number of aryl methyl sites for hydroxylation is 1. The van der Waals surface area contributed by atoms with Gasteiger partial charge in [-0.05, 0) is 49.6 Å². The zero-order chi connectivity index (χ0) is 17.4. The van der Waals surface area contributed by atoms with E-state index in [4.69, 9.17) is 16.1 Å². The van der Waals surface area contributed by atoms with Crippen molar-refractivity contribution in [3.63, 3.8) is 0 Å². The van der Waals surface area contributed by atoms with Gasteiger partial charge in [-0.3, -0.25) is 4.79 Å². The number of aromatic nitrogens is 3. The highest BCUT2D eigenvalue weighted by Crippen LogP contribution is 2.38. The molecule has 2 aromatic heterocycles. The highest BCUT2D eigenvalue weighted by molar-refractivity contribution is 6.34. The molecule has 1 amide bonds. The number of hydrogen-bond donors (Lipinski definition) is 1. The number of halogens is 1. The molecule has 0 unspecified atom stereocenters. The second kappa shape index (κ2) is 6.37. The fraction of sp³-hybridized carbons (Fsp3) is 0.278. The number of amides is 1. The maximum absolute atomic E-state index is 12.6. The summed E-state index contributed by atoms with van der Waals surface area (Å²) in [5, 5.41) is 7.36. The van der Waals surface area contributed by atoms with Gasteiger partial charge in [-0.25, -0.2) is 0 Å². The van der Waals surface area contributed by atoms with Gasteiger partial charge in [0, 0.05) is 12.1 Å². The molecule has 2 heterocycles. The molecule has 128 valence electrons. The van der Waals surface area contributed by atoms with Crippen LogP contribution in [-0.2, 0) is 6.54 Å². The second-order valence-corrected chi connectivity index (χ2v) is 6.69. The lowest BCUT2D eigenvalue weighted by molar-refractivity contribution is 0.101. The lowest BCUT2D eigenvalue weighted by Crippen LogP contribution is -2.17. The molecule has 1 aromatic carbocycles. The zero-order valence-electron chi connectivity index (χ0n) is 13.7. The van der Waals surface area contributed by atoms with Crippen molar-refractivity contribution < 1.29 is 9.32 Å². The summed E-state index contributed by atoms with van der Waals surface area (Å²) in [7, 11) is 0. The average molecular weight is 357 g/mol. The van der Waals surface area contributed by atoms with Crippen LogP contribution in [0.4, 0.5) is 5.69 Å². The molecule has 3 aromatic rings. The quantitative estimate of drug-likeness (QED) is 0.749. The third kappa shape index (κ3) is 3.44. The fourth-order valence-corrected chi connectivity index (χ4v) is 2.93. The monoisotopic (exact) mass is 356 g/mol. The minimum Gasteiger partial charge on any atom is -0.339 e. The Morgan fingerprint density at radius 3 is 3.00 bits per heavy atom. The Morgan fingerprint density at radius 2 is 2.24 bits per heavy atom. The molecule has 7 heteroatoms. The molecule has 1 aliphatic rings. The molecular formula is C18H17ClN4O2. The molecule has 1 aliphatic carbocycles. The summed E-state index contributed by atoms with van der Waals surface area (Å²) in [6, 6.07) is 9.07. The molecule has 0 aliphatic heterocycles. The maximum Gasteiger partial charge on any atom is 0.272 e. The van der Waals surface area contributed by atoms with Crippen LogP contribution >= 0.6 is 11.6 Å². The number of hydrogen-bond acceptors (Lipinski definition) is 4. The van der Waals surface area contributed by atoms with Crippen LogP contribution in [0.25, 0.3) is 0 Å². The van der Waals surface area contributed by atoms with E-state index in [2.05, 4.69) is 15.5 Å². The number of rotatable bonds is 5. The van der Waals surface area contributed by atoms with Crippen molar-refractivity contribution in [2.75, 3.05) is 5.32 Å². The highest BCUT2D eigenvalue weighted by atomic mass is 35.5. The van der Waals surface area contributed by atoms with E-state index < -0.39 is 0 Å². The maximum atomic E-state index is 12.6. The summed E-state index contributed by atoms with van der Waals surface area (Å²) in [5.41, 5.74) is 2.13. The molecule has 0 spiro atoms. The highest BCUT2D eigenvalue weighted by Gasteiger charge is 2.29. The van der Waals surface area contributed by atoms with Crippen LogP contribution in [0.5, 0.6) is 0 Å². The molecule has 6 nitrogen and oxygen atoms in total. The Bertz CT molecular complexity index is 927. The number of nitrogens with zero attached hydrogens (tertiary/aromatic N) is 3. The smallest absolute Gasteiger partial charge is 0.272 e. The van der Waals surface area contributed by atoms with E-state index in [0.717, 1.165) is 18.4 Å². The zero-order valence-corrected chi connectivity index (χ0v) is 14.5. The third-order valence-electron chi connectivity index (χ3n) is 4.16. The lowest BCUT2D eigenvalue weighted by Gasteiger charge is -2.10. The Morgan fingerprint density at radius 1 is 1.40 bits per heavy atom. The molecule has 0 saturated heterocycles. The number of nitrogens with one attached hydrogen (secondary N) is 1. The Kier molecular flexibility index (Phi) is 4.05. The molecule has 4 rings (SSSR count). The molecule has 0 atom stereocenters. The summed E-state index contributed by atoms with van der Waals surface area (Å²) < 4.78 is 7.06. The Balaban J connectivity index is 1.50. The van der Waals surface area contributed by atoms with Gasteiger partial charge in [0.2, 0.25) is 5.89 Å². The normalized spacial score (nSPS) is 13.8. The fourth-order valence-electron chi connectivity index (χ4n) is 2.65. The second-order valence-electron chi connectivity index (χ2n) is 6.28. The summed E-state index contributed by atoms with van der Waals surface area (Å²) in [4.78, 5) is 17.0. The van der Waals surface area contributed by atoms with Crippen LogP contribution in [-0.4, -0.2) is 20.6 Å². The van der Waals surface area contributed by atoms with Gasteiger partial charge in [-0.15, -0.1) is 0 Å². The van der Waals surface area contributed by atoms with Crippen LogP contribution in [0.1, 0.15) is 46.5 Å². The number of anilines is 1. The topological polar surface area (TPSA) is 73.0 Å². The summed E-state index contributed by atoms with van der Waals surface area (Å²) in [5.74, 6) is 1.44. The Hall–Kier alpha value is -2.60. The average Bonchev–Trinajstić information content (AvgIpc) is 3.15. The van der Waals surface area contributed by atoms with Gasteiger partial charge in [-0.2, -0.15) is 4.98 Å². The molecule has 1 N–H and O–H groups in total. The van der Waals surface area contributed by atoms with Gasteiger partial charge < -0.3 is 14.4 Å². The first-order valence-electron chi connectivity index (χ1n) is 8.15. The number of carbonyl (C=O) groups excluding carboxylic acids is 1. The van der Waals surface area contributed by atoms with Crippen LogP contribution in [0.3, 0.4) is 0 Å². The first kappa shape index (κ1) is 15.9. The predicted molar refractivity (Wildman–Crippen MR) is 93.9 cm³/mol. The Labute approximate surface area is 149 Å². The van der Waals surface area contributed by atoms with Crippen molar-refractivity contribution in [1.29, 1.82) is 0 Å². The number of benzene rings is 1. The van der Waals surface area contributed by atoms with E-state index >= 15 is 0 Å². The van der Waals surface area contributed by atoms with Gasteiger partial charge in [0.15, 0.2) is 5.82 Å². The van der Waals surface area contributed by atoms with Crippen LogP contribution in [0, 0.1) is 6.92 Å². The van der Waals surface area contributed by atoms with Crippen molar-refractivity contribution in [2.45, 2.75) is 32.2 Å².